The Balaban J connectivity index is 1.66. The van der Waals surface area contributed by atoms with Crippen LogP contribution in [0.4, 0.5) is 4.39 Å². The fourth-order valence-corrected chi connectivity index (χ4v) is 2.39. The zero-order valence-electron chi connectivity index (χ0n) is 12.2. The van der Waals surface area contributed by atoms with Crippen LogP contribution in [0.25, 0.3) is 0 Å². The minimum Gasteiger partial charge on any atom is -0.392 e. The topological polar surface area (TPSA) is 64.6 Å². The van der Waals surface area contributed by atoms with Gasteiger partial charge in [-0.3, -0.25) is 4.79 Å². The van der Waals surface area contributed by atoms with Crippen molar-refractivity contribution in [3.05, 3.63) is 35.6 Å². The molecule has 0 spiro atoms. The molecule has 6 heteroatoms. The summed E-state index contributed by atoms with van der Waals surface area (Å²) < 4.78 is 12.8. The number of likely N-dealkylation sites (N-methyl/N-ethyl adjacent to an activating group) is 1. The first-order chi connectivity index (χ1) is 10.0. The van der Waals surface area contributed by atoms with Gasteiger partial charge in [-0.25, -0.2) is 4.39 Å². The van der Waals surface area contributed by atoms with Crippen LogP contribution in [0.5, 0.6) is 0 Å². The maximum atomic E-state index is 12.8. The van der Waals surface area contributed by atoms with Gasteiger partial charge in [-0.2, -0.15) is 0 Å². The maximum absolute atomic E-state index is 12.8. The summed E-state index contributed by atoms with van der Waals surface area (Å²) in [5.74, 6) is -0.304. The van der Waals surface area contributed by atoms with Crippen LogP contribution in [0, 0.1) is 5.82 Å². The van der Waals surface area contributed by atoms with E-state index in [0.29, 0.717) is 32.6 Å². The van der Waals surface area contributed by atoms with E-state index in [1.165, 1.54) is 12.1 Å². The van der Waals surface area contributed by atoms with Crippen LogP contribution in [0.3, 0.4) is 0 Å². The number of nitrogens with zero attached hydrogens (tertiary/aromatic N) is 1. The summed E-state index contributed by atoms with van der Waals surface area (Å²) in [5, 5.41) is 15.2. The number of halogens is 1. The van der Waals surface area contributed by atoms with Crippen molar-refractivity contribution in [2.24, 2.45) is 0 Å². The highest BCUT2D eigenvalue weighted by molar-refractivity contribution is 5.82. The van der Waals surface area contributed by atoms with Crippen molar-refractivity contribution in [2.45, 2.75) is 25.1 Å². The first-order valence-electron chi connectivity index (χ1n) is 7.17. The number of carbonyl (C=O) groups is 1. The molecule has 0 saturated carbocycles. The van der Waals surface area contributed by atoms with E-state index in [2.05, 4.69) is 15.5 Å². The third-order valence-electron chi connectivity index (χ3n) is 3.58. The Bertz CT molecular complexity index is 466. The Hall–Kier alpha value is -1.50. The number of β-amino-alcohol motifs (C(OH)–C–C–N with tert-alkyl or cyclic N) is 1. The molecule has 21 heavy (non-hydrogen) atoms. The predicted octanol–water partition coefficient (Wildman–Crippen LogP) is 0.0965. The minimum atomic E-state index is -0.429. The second-order valence-corrected chi connectivity index (χ2v) is 5.51. The van der Waals surface area contributed by atoms with Crippen molar-refractivity contribution in [2.75, 3.05) is 26.7 Å². The van der Waals surface area contributed by atoms with E-state index in [4.69, 9.17) is 0 Å². The van der Waals surface area contributed by atoms with Gasteiger partial charge in [-0.15, -0.1) is 0 Å². The van der Waals surface area contributed by atoms with Crippen molar-refractivity contribution < 1.29 is 14.3 Å². The molecule has 1 aliphatic rings. The molecule has 1 amide bonds. The van der Waals surface area contributed by atoms with E-state index in [-0.39, 0.29) is 17.8 Å². The van der Waals surface area contributed by atoms with Gasteiger partial charge < -0.3 is 20.6 Å². The second-order valence-electron chi connectivity index (χ2n) is 5.51. The van der Waals surface area contributed by atoms with Gasteiger partial charge in [0.15, 0.2) is 0 Å². The molecule has 1 fully saturated rings. The number of carbonyl (C=O) groups excluding carboxylic acids is 1. The van der Waals surface area contributed by atoms with Crippen LogP contribution in [0.1, 0.15) is 12.0 Å². The Kier molecular flexibility index (Phi) is 5.67. The number of rotatable bonds is 6. The molecule has 1 aliphatic heterocycles. The highest BCUT2D eigenvalue weighted by Gasteiger charge is 2.27. The summed E-state index contributed by atoms with van der Waals surface area (Å²) in [4.78, 5) is 13.9. The molecule has 1 aromatic rings. The van der Waals surface area contributed by atoms with Crippen LogP contribution < -0.4 is 10.6 Å². The zero-order valence-corrected chi connectivity index (χ0v) is 12.2. The van der Waals surface area contributed by atoms with Gasteiger partial charge in [0.1, 0.15) is 5.82 Å². The second kappa shape index (κ2) is 7.49. The Morgan fingerprint density at radius 2 is 2.19 bits per heavy atom. The van der Waals surface area contributed by atoms with Crippen LogP contribution in [-0.4, -0.2) is 54.7 Å². The molecular weight excluding hydrogens is 273 g/mol. The molecule has 116 valence electrons. The average Bonchev–Trinajstić information content (AvgIpc) is 2.88. The van der Waals surface area contributed by atoms with Crippen molar-refractivity contribution in [1.29, 1.82) is 0 Å². The number of hydrogen-bond donors (Lipinski definition) is 3. The lowest BCUT2D eigenvalue weighted by molar-refractivity contribution is -0.122. The van der Waals surface area contributed by atoms with E-state index in [1.54, 1.807) is 12.1 Å². The van der Waals surface area contributed by atoms with Gasteiger partial charge >= 0.3 is 0 Å². The lowest BCUT2D eigenvalue weighted by Crippen LogP contribution is -2.42. The molecule has 3 N–H and O–H groups in total. The SMILES string of the molecule is CN(CCNC(=O)[C@@H]1C[C@H](O)CN1)Cc1ccc(F)cc1. The standard InChI is InChI=1S/C15H22FN3O2/c1-19(10-11-2-4-12(16)5-3-11)7-6-17-15(21)14-8-13(20)9-18-14/h2-5,13-14,18,20H,6-10H2,1H3,(H,17,21)/t13-,14-/m0/s1. The number of nitrogens with one attached hydrogen (secondary N) is 2. The highest BCUT2D eigenvalue weighted by Crippen LogP contribution is 2.06. The molecule has 2 atom stereocenters. The van der Waals surface area contributed by atoms with E-state index >= 15 is 0 Å². The fourth-order valence-electron chi connectivity index (χ4n) is 2.39. The Morgan fingerprint density at radius 1 is 1.48 bits per heavy atom. The lowest BCUT2D eigenvalue weighted by atomic mass is 10.2. The van der Waals surface area contributed by atoms with Crippen molar-refractivity contribution in [3.8, 4) is 0 Å². The number of benzene rings is 1. The number of hydrogen-bond acceptors (Lipinski definition) is 4. The van der Waals surface area contributed by atoms with E-state index in [0.717, 1.165) is 5.56 Å². The number of aliphatic hydroxyl groups excluding tert-OH is 1. The van der Waals surface area contributed by atoms with Crippen molar-refractivity contribution >= 4 is 5.91 Å². The molecule has 2 rings (SSSR count). The van der Waals surface area contributed by atoms with E-state index in [1.807, 2.05) is 7.05 Å². The quantitative estimate of drug-likeness (QED) is 0.696. The predicted molar refractivity (Wildman–Crippen MR) is 78.2 cm³/mol. The van der Waals surface area contributed by atoms with Gasteiger partial charge in [-0.1, -0.05) is 12.1 Å². The monoisotopic (exact) mass is 295 g/mol. The molecular formula is C15H22FN3O2. The molecule has 1 heterocycles. The van der Waals surface area contributed by atoms with Crippen LogP contribution in [0.2, 0.25) is 0 Å². The summed E-state index contributed by atoms with van der Waals surface area (Å²) in [5.41, 5.74) is 1.03. The molecule has 0 unspecified atom stereocenters. The van der Waals surface area contributed by atoms with E-state index in [9.17, 15) is 14.3 Å². The molecule has 1 saturated heterocycles. The largest absolute Gasteiger partial charge is 0.392 e. The molecule has 5 nitrogen and oxygen atoms in total. The lowest BCUT2D eigenvalue weighted by Gasteiger charge is -2.18. The maximum Gasteiger partial charge on any atom is 0.237 e. The average molecular weight is 295 g/mol. The van der Waals surface area contributed by atoms with Gasteiger partial charge in [0.25, 0.3) is 0 Å². The smallest absolute Gasteiger partial charge is 0.237 e. The van der Waals surface area contributed by atoms with E-state index < -0.39 is 6.10 Å². The van der Waals surface area contributed by atoms with Gasteiger partial charge in [0, 0.05) is 26.2 Å². The molecule has 1 aromatic carbocycles. The summed E-state index contributed by atoms with van der Waals surface area (Å²) in [6.07, 6.45) is 0.0407. The fraction of sp³-hybridized carbons (Fsp3) is 0.533. The van der Waals surface area contributed by atoms with Gasteiger partial charge in [0.05, 0.1) is 12.1 Å². The van der Waals surface area contributed by atoms with Gasteiger partial charge in [0.2, 0.25) is 5.91 Å². The summed E-state index contributed by atoms with van der Waals surface area (Å²) in [6, 6.07) is 6.12. The van der Waals surface area contributed by atoms with Crippen LogP contribution in [-0.2, 0) is 11.3 Å². The molecule has 0 bridgehead atoms. The third-order valence-corrected chi connectivity index (χ3v) is 3.58. The van der Waals surface area contributed by atoms with Crippen LogP contribution >= 0.6 is 0 Å². The zero-order chi connectivity index (χ0) is 15.2. The number of amides is 1. The Labute approximate surface area is 124 Å². The summed E-state index contributed by atoms with van der Waals surface area (Å²) in [7, 11) is 1.95. The summed E-state index contributed by atoms with van der Waals surface area (Å²) in [6.45, 7) is 2.43. The minimum absolute atomic E-state index is 0.0678. The van der Waals surface area contributed by atoms with Crippen molar-refractivity contribution in [1.82, 2.24) is 15.5 Å². The normalized spacial score (nSPS) is 21.7. The van der Waals surface area contributed by atoms with Crippen molar-refractivity contribution in [3.63, 3.8) is 0 Å². The molecule has 0 aromatic heterocycles. The Morgan fingerprint density at radius 3 is 2.81 bits per heavy atom. The summed E-state index contributed by atoms with van der Waals surface area (Å²) >= 11 is 0. The molecule has 0 aliphatic carbocycles. The molecule has 0 radical (unpaired) electrons. The van der Waals surface area contributed by atoms with Gasteiger partial charge in [-0.05, 0) is 31.2 Å². The first-order valence-corrected chi connectivity index (χ1v) is 7.17. The third kappa shape index (κ3) is 5.08. The highest BCUT2D eigenvalue weighted by atomic mass is 19.1. The first kappa shape index (κ1) is 15.9. The number of aliphatic hydroxyl groups is 1. The van der Waals surface area contributed by atoms with Crippen LogP contribution in [0.15, 0.2) is 24.3 Å².